The SMILES string of the molecule is COc1ccc([C@@H](C)CN2CCC[C@H](CC(N)=O)C2)cc1. The largest absolute Gasteiger partial charge is 0.497 e. The van der Waals surface area contributed by atoms with Crippen LogP contribution in [0.2, 0.25) is 0 Å². The predicted molar refractivity (Wildman–Crippen MR) is 84.4 cm³/mol. The molecule has 4 nitrogen and oxygen atoms in total. The van der Waals surface area contributed by atoms with Crippen LogP contribution < -0.4 is 10.5 Å². The van der Waals surface area contributed by atoms with Gasteiger partial charge < -0.3 is 15.4 Å². The molecule has 0 spiro atoms. The number of likely N-dealkylation sites (tertiary alicyclic amines) is 1. The maximum absolute atomic E-state index is 11.1. The Morgan fingerprint density at radius 2 is 2.14 bits per heavy atom. The number of carbonyl (C=O) groups is 1. The molecule has 1 aromatic carbocycles. The van der Waals surface area contributed by atoms with Gasteiger partial charge in [-0.3, -0.25) is 4.79 Å². The highest BCUT2D eigenvalue weighted by Crippen LogP contribution is 2.24. The molecule has 4 heteroatoms. The van der Waals surface area contributed by atoms with Crippen molar-refractivity contribution in [3.8, 4) is 5.75 Å². The van der Waals surface area contributed by atoms with Crippen LogP contribution >= 0.6 is 0 Å². The average Bonchev–Trinajstić information content (AvgIpc) is 2.47. The normalized spacial score (nSPS) is 21.0. The second-order valence-electron chi connectivity index (χ2n) is 6.11. The number of primary amides is 1. The maximum Gasteiger partial charge on any atom is 0.217 e. The van der Waals surface area contributed by atoms with Gasteiger partial charge in [0.15, 0.2) is 0 Å². The maximum atomic E-state index is 11.1. The molecule has 2 rings (SSSR count). The van der Waals surface area contributed by atoms with Gasteiger partial charge in [-0.2, -0.15) is 0 Å². The van der Waals surface area contributed by atoms with Crippen molar-refractivity contribution >= 4 is 5.91 Å². The monoisotopic (exact) mass is 290 g/mol. The molecular formula is C17H26N2O2. The predicted octanol–water partition coefficient (Wildman–Crippen LogP) is 2.39. The molecule has 1 amide bonds. The van der Waals surface area contributed by atoms with Crippen molar-refractivity contribution in [3.63, 3.8) is 0 Å². The molecule has 2 atom stereocenters. The number of hydrogen-bond donors (Lipinski definition) is 1. The number of nitrogens with two attached hydrogens (primary N) is 1. The number of piperidine rings is 1. The van der Waals surface area contributed by atoms with Crippen LogP contribution in [0.25, 0.3) is 0 Å². The summed E-state index contributed by atoms with van der Waals surface area (Å²) in [6.45, 7) is 5.39. The fourth-order valence-electron chi connectivity index (χ4n) is 3.19. The van der Waals surface area contributed by atoms with Crippen LogP contribution in [0.3, 0.4) is 0 Å². The minimum Gasteiger partial charge on any atom is -0.497 e. The number of benzene rings is 1. The summed E-state index contributed by atoms with van der Waals surface area (Å²) >= 11 is 0. The van der Waals surface area contributed by atoms with E-state index in [9.17, 15) is 4.79 Å². The second-order valence-corrected chi connectivity index (χ2v) is 6.11. The van der Waals surface area contributed by atoms with E-state index in [0.29, 0.717) is 18.3 Å². The topological polar surface area (TPSA) is 55.6 Å². The van der Waals surface area contributed by atoms with Crippen molar-refractivity contribution < 1.29 is 9.53 Å². The summed E-state index contributed by atoms with van der Waals surface area (Å²) in [7, 11) is 1.69. The summed E-state index contributed by atoms with van der Waals surface area (Å²) in [5, 5.41) is 0. The van der Waals surface area contributed by atoms with Gasteiger partial charge in [-0.15, -0.1) is 0 Å². The Balaban J connectivity index is 1.88. The number of carbonyl (C=O) groups excluding carboxylic acids is 1. The van der Waals surface area contributed by atoms with Crippen molar-refractivity contribution in [1.29, 1.82) is 0 Å². The van der Waals surface area contributed by atoms with E-state index < -0.39 is 0 Å². The fraction of sp³-hybridized carbons (Fsp3) is 0.588. The van der Waals surface area contributed by atoms with Crippen molar-refractivity contribution in [1.82, 2.24) is 4.90 Å². The van der Waals surface area contributed by atoms with E-state index in [1.165, 1.54) is 5.56 Å². The zero-order valence-electron chi connectivity index (χ0n) is 13.0. The van der Waals surface area contributed by atoms with E-state index in [1.54, 1.807) is 7.11 Å². The smallest absolute Gasteiger partial charge is 0.217 e. The molecule has 1 aliphatic rings. The Labute approximate surface area is 127 Å². The number of methoxy groups -OCH3 is 1. The Morgan fingerprint density at radius 1 is 1.43 bits per heavy atom. The molecule has 0 unspecified atom stereocenters. The van der Waals surface area contributed by atoms with Gasteiger partial charge in [-0.1, -0.05) is 19.1 Å². The first-order chi connectivity index (χ1) is 10.1. The molecule has 116 valence electrons. The molecule has 0 saturated carbocycles. The van der Waals surface area contributed by atoms with Gasteiger partial charge in [0, 0.05) is 19.5 Å². The van der Waals surface area contributed by atoms with Crippen LogP contribution in [0.1, 0.15) is 37.7 Å². The average molecular weight is 290 g/mol. The van der Waals surface area contributed by atoms with Crippen LogP contribution in [0.4, 0.5) is 0 Å². The second kappa shape index (κ2) is 7.46. The van der Waals surface area contributed by atoms with Crippen molar-refractivity contribution in [3.05, 3.63) is 29.8 Å². The molecule has 2 N–H and O–H groups in total. The lowest BCUT2D eigenvalue weighted by Gasteiger charge is -2.34. The Morgan fingerprint density at radius 3 is 2.76 bits per heavy atom. The summed E-state index contributed by atoms with van der Waals surface area (Å²) in [4.78, 5) is 13.5. The van der Waals surface area contributed by atoms with Gasteiger partial charge in [-0.25, -0.2) is 0 Å². The summed E-state index contributed by atoms with van der Waals surface area (Å²) < 4.78 is 5.20. The van der Waals surface area contributed by atoms with E-state index >= 15 is 0 Å². The highest BCUT2D eigenvalue weighted by atomic mass is 16.5. The number of hydrogen-bond acceptors (Lipinski definition) is 3. The van der Waals surface area contributed by atoms with Gasteiger partial charge in [0.1, 0.15) is 5.75 Å². The zero-order chi connectivity index (χ0) is 15.2. The zero-order valence-corrected chi connectivity index (χ0v) is 13.0. The summed E-state index contributed by atoms with van der Waals surface area (Å²) in [5.41, 5.74) is 6.65. The summed E-state index contributed by atoms with van der Waals surface area (Å²) in [5.74, 6) is 1.62. The molecule has 1 heterocycles. The van der Waals surface area contributed by atoms with Crippen LogP contribution in [-0.4, -0.2) is 37.6 Å². The van der Waals surface area contributed by atoms with Gasteiger partial charge in [0.05, 0.1) is 7.11 Å². The standard InChI is InChI=1S/C17H26N2O2/c1-13(15-5-7-16(21-2)8-6-15)11-19-9-3-4-14(12-19)10-17(18)20/h5-8,13-14H,3-4,9-12H2,1-2H3,(H2,18,20)/t13-,14+/m0/s1. The third-order valence-corrected chi connectivity index (χ3v) is 4.31. The highest BCUT2D eigenvalue weighted by Gasteiger charge is 2.22. The van der Waals surface area contributed by atoms with Crippen molar-refractivity contribution in [2.45, 2.75) is 32.1 Å². The van der Waals surface area contributed by atoms with E-state index in [1.807, 2.05) is 12.1 Å². The number of nitrogens with zero attached hydrogens (tertiary/aromatic N) is 1. The van der Waals surface area contributed by atoms with Crippen molar-refractivity contribution in [2.24, 2.45) is 11.7 Å². The van der Waals surface area contributed by atoms with E-state index in [2.05, 4.69) is 24.0 Å². The van der Waals surface area contributed by atoms with Gasteiger partial charge in [0.25, 0.3) is 0 Å². The number of amides is 1. The Hall–Kier alpha value is -1.55. The lowest BCUT2D eigenvalue weighted by molar-refractivity contribution is -0.119. The minimum atomic E-state index is -0.176. The molecule has 0 bridgehead atoms. The van der Waals surface area contributed by atoms with Crippen LogP contribution in [0, 0.1) is 5.92 Å². The molecule has 0 radical (unpaired) electrons. The summed E-state index contributed by atoms with van der Waals surface area (Å²) in [6, 6.07) is 8.29. The van der Waals surface area contributed by atoms with Gasteiger partial charge in [-0.05, 0) is 48.9 Å². The Kier molecular flexibility index (Phi) is 5.62. The lowest BCUT2D eigenvalue weighted by Crippen LogP contribution is -2.38. The number of rotatable bonds is 6. The lowest BCUT2D eigenvalue weighted by atomic mass is 9.93. The summed E-state index contributed by atoms with van der Waals surface area (Å²) in [6.07, 6.45) is 2.80. The van der Waals surface area contributed by atoms with Crippen LogP contribution in [-0.2, 0) is 4.79 Å². The quantitative estimate of drug-likeness (QED) is 0.875. The molecular weight excluding hydrogens is 264 g/mol. The van der Waals surface area contributed by atoms with Crippen molar-refractivity contribution in [2.75, 3.05) is 26.7 Å². The fourth-order valence-corrected chi connectivity index (χ4v) is 3.19. The van der Waals surface area contributed by atoms with Gasteiger partial charge in [0.2, 0.25) is 5.91 Å². The minimum absolute atomic E-state index is 0.176. The molecule has 1 saturated heterocycles. The number of ether oxygens (including phenoxy) is 1. The van der Waals surface area contributed by atoms with E-state index in [0.717, 1.165) is 38.2 Å². The molecule has 21 heavy (non-hydrogen) atoms. The Bertz CT molecular complexity index is 458. The molecule has 0 aromatic heterocycles. The molecule has 1 aromatic rings. The van der Waals surface area contributed by atoms with Crippen LogP contribution in [0.15, 0.2) is 24.3 Å². The highest BCUT2D eigenvalue weighted by molar-refractivity contribution is 5.74. The van der Waals surface area contributed by atoms with Gasteiger partial charge >= 0.3 is 0 Å². The molecule has 0 aliphatic carbocycles. The molecule has 1 aliphatic heterocycles. The van der Waals surface area contributed by atoms with E-state index in [-0.39, 0.29) is 5.91 Å². The molecule has 1 fully saturated rings. The first-order valence-corrected chi connectivity index (χ1v) is 7.73. The van der Waals surface area contributed by atoms with Crippen LogP contribution in [0.5, 0.6) is 5.75 Å². The first kappa shape index (κ1) is 15.8. The third kappa shape index (κ3) is 4.74. The third-order valence-electron chi connectivity index (χ3n) is 4.31. The van der Waals surface area contributed by atoms with E-state index in [4.69, 9.17) is 10.5 Å². The first-order valence-electron chi connectivity index (χ1n) is 7.73.